The molecule has 0 unspecified atom stereocenters. The Labute approximate surface area is 87.8 Å². The molecule has 2 atom stereocenters. The van der Waals surface area contributed by atoms with Gasteiger partial charge in [-0.25, -0.2) is 4.99 Å². The SMILES string of the molecule is CCCC[C@@H]1OC(C)=N[C@@H]1CCCC. The molecule has 2 heteroatoms. The third kappa shape index (κ3) is 3.32. The molecule has 0 aromatic rings. The van der Waals surface area contributed by atoms with Gasteiger partial charge in [-0.2, -0.15) is 0 Å². The van der Waals surface area contributed by atoms with E-state index in [0.29, 0.717) is 12.1 Å². The van der Waals surface area contributed by atoms with Crippen molar-refractivity contribution in [1.82, 2.24) is 0 Å². The van der Waals surface area contributed by atoms with Crippen LogP contribution in [0, 0.1) is 0 Å². The first-order valence-electron chi connectivity index (χ1n) is 5.99. The molecule has 0 amide bonds. The van der Waals surface area contributed by atoms with E-state index in [-0.39, 0.29) is 0 Å². The number of hydrogen-bond donors (Lipinski definition) is 0. The highest BCUT2D eigenvalue weighted by Gasteiger charge is 2.27. The first-order chi connectivity index (χ1) is 6.77. The predicted octanol–water partition coefficient (Wildman–Crippen LogP) is 3.55. The Morgan fingerprint density at radius 2 is 1.79 bits per heavy atom. The van der Waals surface area contributed by atoms with Crippen molar-refractivity contribution in [3.63, 3.8) is 0 Å². The van der Waals surface area contributed by atoms with Crippen LogP contribution in [0.15, 0.2) is 4.99 Å². The van der Waals surface area contributed by atoms with Crippen LogP contribution < -0.4 is 0 Å². The van der Waals surface area contributed by atoms with Crippen LogP contribution >= 0.6 is 0 Å². The second kappa shape index (κ2) is 6.05. The van der Waals surface area contributed by atoms with Gasteiger partial charge in [0.15, 0.2) is 5.90 Å². The van der Waals surface area contributed by atoms with Crippen LogP contribution in [0.2, 0.25) is 0 Å². The second-order valence-corrected chi connectivity index (χ2v) is 4.16. The molecule has 82 valence electrons. The van der Waals surface area contributed by atoms with Crippen LogP contribution in [0.5, 0.6) is 0 Å². The zero-order valence-electron chi connectivity index (χ0n) is 9.75. The van der Waals surface area contributed by atoms with Crippen molar-refractivity contribution in [2.75, 3.05) is 0 Å². The van der Waals surface area contributed by atoms with Gasteiger partial charge in [0.25, 0.3) is 0 Å². The summed E-state index contributed by atoms with van der Waals surface area (Å²) in [6, 6.07) is 0.446. The number of rotatable bonds is 6. The summed E-state index contributed by atoms with van der Waals surface area (Å²) in [7, 11) is 0. The fourth-order valence-electron chi connectivity index (χ4n) is 1.97. The van der Waals surface area contributed by atoms with Gasteiger partial charge >= 0.3 is 0 Å². The van der Waals surface area contributed by atoms with Gasteiger partial charge in [-0.15, -0.1) is 0 Å². The Kier molecular flexibility index (Phi) is 4.99. The smallest absolute Gasteiger partial charge is 0.180 e. The number of hydrogen-bond acceptors (Lipinski definition) is 2. The second-order valence-electron chi connectivity index (χ2n) is 4.16. The van der Waals surface area contributed by atoms with E-state index >= 15 is 0 Å². The zero-order valence-corrected chi connectivity index (χ0v) is 9.75. The average Bonchev–Trinajstić information content (AvgIpc) is 2.52. The molecule has 1 aliphatic rings. The summed E-state index contributed by atoms with van der Waals surface area (Å²) in [6.45, 7) is 6.43. The molecule has 0 bridgehead atoms. The van der Waals surface area contributed by atoms with Crippen LogP contribution in [-0.4, -0.2) is 18.0 Å². The molecule has 0 radical (unpaired) electrons. The number of nitrogens with zero attached hydrogens (tertiary/aromatic N) is 1. The topological polar surface area (TPSA) is 21.6 Å². The largest absolute Gasteiger partial charge is 0.476 e. The van der Waals surface area contributed by atoms with Crippen molar-refractivity contribution in [2.24, 2.45) is 4.99 Å². The van der Waals surface area contributed by atoms with Gasteiger partial charge in [0, 0.05) is 6.92 Å². The average molecular weight is 197 g/mol. The van der Waals surface area contributed by atoms with E-state index in [0.717, 1.165) is 5.90 Å². The Balaban J connectivity index is 2.34. The highest BCUT2D eigenvalue weighted by atomic mass is 16.5. The van der Waals surface area contributed by atoms with Gasteiger partial charge in [-0.05, 0) is 19.3 Å². The minimum atomic E-state index is 0.376. The van der Waals surface area contributed by atoms with Gasteiger partial charge in [0.2, 0.25) is 0 Å². The Morgan fingerprint density at radius 3 is 2.43 bits per heavy atom. The number of ether oxygens (including phenoxy) is 1. The quantitative estimate of drug-likeness (QED) is 0.638. The van der Waals surface area contributed by atoms with E-state index < -0.39 is 0 Å². The monoisotopic (exact) mass is 197 g/mol. The lowest BCUT2D eigenvalue weighted by Gasteiger charge is -2.16. The van der Waals surface area contributed by atoms with E-state index in [1.165, 1.54) is 38.5 Å². The molecule has 14 heavy (non-hydrogen) atoms. The summed E-state index contributed by atoms with van der Waals surface area (Å²) in [5.41, 5.74) is 0. The maximum absolute atomic E-state index is 5.72. The molecule has 0 saturated carbocycles. The Hall–Kier alpha value is -0.530. The normalized spacial score (nSPS) is 26.1. The van der Waals surface area contributed by atoms with Crippen molar-refractivity contribution in [3.05, 3.63) is 0 Å². The number of unbranched alkanes of at least 4 members (excludes halogenated alkanes) is 2. The van der Waals surface area contributed by atoms with Crippen molar-refractivity contribution in [1.29, 1.82) is 0 Å². The third-order valence-electron chi connectivity index (χ3n) is 2.79. The van der Waals surface area contributed by atoms with E-state index in [4.69, 9.17) is 4.74 Å². The molecule has 0 fully saturated rings. The minimum absolute atomic E-state index is 0.376. The molecule has 2 nitrogen and oxygen atoms in total. The molecule has 0 saturated heterocycles. The molecular formula is C12H23NO. The zero-order chi connectivity index (χ0) is 10.4. The predicted molar refractivity (Wildman–Crippen MR) is 60.8 cm³/mol. The van der Waals surface area contributed by atoms with E-state index in [1.54, 1.807) is 0 Å². The fraction of sp³-hybridized carbons (Fsp3) is 0.917. The molecule has 0 aromatic carbocycles. The Morgan fingerprint density at radius 1 is 1.14 bits per heavy atom. The maximum atomic E-state index is 5.72. The molecule has 0 aromatic heterocycles. The highest BCUT2D eigenvalue weighted by Crippen LogP contribution is 2.22. The van der Waals surface area contributed by atoms with Gasteiger partial charge in [0.05, 0.1) is 6.04 Å². The van der Waals surface area contributed by atoms with Crippen LogP contribution in [0.1, 0.15) is 59.3 Å². The number of aliphatic imine (C=N–C) groups is 1. The first-order valence-corrected chi connectivity index (χ1v) is 5.99. The molecule has 0 spiro atoms. The highest BCUT2D eigenvalue weighted by molar-refractivity contribution is 5.75. The lowest BCUT2D eigenvalue weighted by molar-refractivity contribution is 0.171. The van der Waals surface area contributed by atoms with Crippen molar-refractivity contribution < 1.29 is 4.74 Å². The van der Waals surface area contributed by atoms with Crippen LogP contribution in [0.25, 0.3) is 0 Å². The maximum Gasteiger partial charge on any atom is 0.180 e. The lowest BCUT2D eigenvalue weighted by Crippen LogP contribution is -2.22. The summed E-state index contributed by atoms with van der Waals surface area (Å²) in [6.07, 6.45) is 7.78. The van der Waals surface area contributed by atoms with Crippen LogP contribution in [-0.2, 0) is 4.74 Å². The first kappa shape index (κ1) is 11.5. The lowest BCUT2D eigenvalue weighted by atomic mass is 10.0. The van der Waals surface area contributed by atoms with Gasteiger partial charge in [-0.3, -0.25) is 0 Å². The van der Waals surface area contributed by atoms with Gasteiger partial charge in [-0.1, -0.05) is 33.1 Å². The van der Waals surface area contributed by atoms with Crippen molar-refractivity contribution in [3.8, 4) is 0 Å². The summed E-state index contributed by atoms with van der Waals surface area (Å²) >= 11 is 0. The summed E-state index contributed by atoms with van der Waals surface area (Å²) in [5.74, 6) is 0.896. The molecule has 1 heterocycles. The van der Waals surface area contributed by atoms with E-state index in [1.807, 2.05) is 6.92 Å². The molecule has 1 aliphatic heterocycles. The van der Waals surface area contributed by atoms with Crippen molar-refractivity contribution in [2.45, 2.75) is 71.4 Å². The van der Waals surface area contributed by atoms with Crippen LogP contribution in [0.3, 0.4) is 0 Å². The van der Waals surface area contributed by atoms with Crippen molar-refractivity contribution >= 4 is 5.90 Å². The van der Waals surface area contributed by atoms with Gasteiger partial charge < -0.3 is 4.74 Å². The molecule has 0 aliphatic carbocycles. The van der Waals surface area contributed by atoms with Gasteiger partial charge in [0.1, 0.15) is 6.10 Å². The molecule has 1 rings (SSSR count). The Bertz CT molecular complexity index is 189. The third-order valence-corrected chi connectivity index (χ3v) is 2.79. The fourth-order valence-corrected chi connectivity index (χ4v) is 1.97. The summed E-state index contributed by atoms with van der Waals surface area (Å²) in [5, 5.41) is 0. The summed E-state index contributed by atoms with van der Waals surface area (Å²) < 4.78 is 5.72. The summed E-state index contributed by atoms with van der Waals surface area (Å²) in [4.78, 5) is 4.55. The van der Waals surface area contributed by atoms with Crippen LogP contribution in [0.4, 0.5) is 0 Å². The minimum Gasteiger partial charge on any atom is -0.476 e. The molecular weight excluding hydrogens is 174 g/mol. The standard InChI is InChI=1S/C12H23NO/c1-4-6-8-11-12(9-7-5-2)14-10(3)13-11/h11-12H,4-9H2,1-3H3/t11-,12+/m1/s1. The van der Waals surface area contributed by atoms with E-state index in [2.05, 4.69) is 18.8 Å². The molecule has 0 N–H and O–H groups in total. The van der Waals surface area contributed by atoms with E-state index in [9.17, 15) is 0 Å².